The van der Waals surface area contributed by atoms with Crippen LogP contribution < -0.4 is 29.3 Å². The lowest BCUT2D eigenvalue weighted by Gasteiger charge is -2.29. The highest BCUT2D eigenvalue weighted by Crippen LogP contribution is 2.42. The van der Waals surface area contributed by atoms with Crippen molar-refractivity contribution in [2.24, 2.45) is 0 Å². The lowest BCUT2D eigenvalue weighted by atomic mass is 9.81. The van der Waals surface area contributed by atoms with Crippen LogP contribution >= 0.6 is 0 Å². The van der Waals surface area contributed by atoms with Crippen molar-refractivity contribution >= 4 is 40.9 Å². The minimum absolute atomic E-state index is 0.0170. The fourth-order valence-corrected chi connectivity index (χ4v) is 6.09. The normalized spacial score (nSPS) is 15.4. The first-order valence-corrected chi connectivity index (χ1v) is 16.3. The number of terminal acetylenes is 1. The van der Waals surface area contributed by atoms with Gasteiger partial charge in [0.15, 0.2) is 12.4 Å². The van der Waals surface area contributed by atoms with Crippen molar-refractivity contribution in [1.29, 1.82) is 0 Å². The maximum absolute atomic E-state index is 14.7. The van der Waals surface area contributed by atoms with Crippen LogP contribution in [-0.2, 0) is 19.8 Å². The lowest BCUT2D eigenvalue weighted by molar-refractivity contribution is -0.121. The van der Waals surface area contributed by atoms with Gasteiger partial charge in [-0.1, -0.05) is 37.9 Å². The number of imide groups is 1. The number of carbonyl (C=O) groups is 4. The van der Waals surface area contributed by atoms with E-state index in [1.807, 2.05) is 0 Å². The van der Waals surface area contributed by atoms with Crippen LogP contribution in [0.25, 0.3) is 0 Å². The Morgan fingerprint density at radius 2 is 1.64 bits per heavy atom. The van der Waals surface area contributed by atoms with Crippen molar-refractivity contribution < 1.29 is 42.3 Å². The number of anilines is 3. The maximum Gasteiger partial charge on any atom is 0.265 e. The van der Waals surface area contributed by atoms with Crippen molar-refractivity contribution in [3.8, 4) is 29.6 Å². The number of nitrogens with one attached hydrogen (secondary N) is 1. The Morgan fingerprint density at radius 1 is 1.02 bits per heavy atom. The Morgan fingerprint density at radius 3 is 2.20 bits per heavy atom. The van der Waals surface area contributed by atoms with Gasteiger partial charge in [0.2, 0.25) is 5.88 Å². The minimum atomic E-state index is -0.764. The minimum Gasteiger partial charge on any atom is -0.496 e. The van der Waals surface area contributed by atoms with Gasteiger partial charge in [-0.05, 0) is 56.7 Å². The first kappa shape index (κ1) is 35.7. The Balaban J connectivity index is 0.000000195. The monoisotopic (exact) mass is 686 g/mol. The highest BCUT2D eigenvalue weighted by atomic mass is 19.1. The van der Waals surface area contributed by atoms with Crippen LogP contribution in [0.15, 0.2) is 52.1 Å². The SMILES string of the molecule is C#CCN1C(=O)COc2cc(F)c(N3C(=O)C4=C(CCCC4)C3=O)cc21.CCC(C)(CC)c1cc(NC(=O)c2c(OC)cccc2OC)on1. The molecule has 3 aliphatic rings. The summed E-state index contributed by atoms with van der Waals surface area (Å²) in [6.45, 7) is 6.08. The second-order valence-electron chi connectivity index (χ2n) is 12.2. The molecule has 3 aromatic rings. The maximum atomic E-state index is 14.7. The summed E-state index contributed by atoms with van der Waals surface area (Å²) >= 11 is 0. The van der Waals surface area contributed by atoms with Gasteiger partial charge in [0.05, 0.1) is 37.8 Å². The van der Waals surface area contributed by atoms with E-state index < -0.39 is 17.6 Å². The van der Waals surface area contributed by atoms with Crippen LogP contribution in [0.3, 0.4) is 0 Å². The standard InChI is InChI=1S/C19H15FN2O4.C18H24N2O4/c1-2-7-21-15-9-14(13(20)8-16(15)26-10-17(21)23)22-18(24)11-5-3-4-6-12(11)19(22)25;1-6-18(3,7-2)14-11-15(24-20-14)19-17(21)16-12(22-4)9-8-10-13(16)23-5/h1,8-9H,3-7,10H2;8-11H,6-7H2,1-5H3,(H,19,21). The summed E-state index contributed by atoms with van der Waals surface area (Å²) in [5.74, 6) is 1.19. The van der Waals surface area contributed by atoms with Gasteiger partial charge in [-0.2, -0.15) is 0 Å². The second-order valence-corrected chi connectivity index (χ2v) is 12.2. The molecule has 2 aliphatic heterocycles. The van der Waals surface area contributed by atoms with E-state index >= 15 is 0 Å². The van der Waals surface area contributed by atoms with E-state index in [1.165, 1.54) is 25.2 Å². The lowest BCUT2D eigenvalue weighted by Crippen LogP contribution is -2.39. The third kappa shape index (κ3) is 6.65. The molecule has 0 spiro atoms. The topological polar surface area (TPSA) is 141 Å². The Labute approximate surface area is 289 Å². The van der Waals surface area contributed by atoms with Crippen LogP contribution in [0.1, 0.15) is 75.3 Å². The third-order valence-electron chi connectivity index (χ3n) is 9.43. The molecular formula is C37H39FN4O8. The summed E-state index contributed by atoms with van der Waals surface area (Å²) in [5, 5.41) is 6.83. The summed E-state index contributed by atoms with van der Waals surface area (Å²) < 4.78 is 35.7. The highest BCUT2D eigenvalue weighted by molar-refractivity contribution is 6.33. The number of fused-ring (bicyclic) bond motifs is 1. The zero-order valence-electron chi connectivity index (χ0n) is 28.7. The first-order valence-electron chi connectivity index (χ1n) is 16.3. The molecule has 13 heteroatoms. The molecule has 0 unspecified atom stereocenters. The van der Waals surface area contributed by atoms with Gasteiger partial charge in [0.1, 0.15) is 22.8 Å². The molecule has 1 aliphatic carbocycles. The molecule has 2 aromatic carbocycles. The number of aromatic nitrogens is 1. The predicted molar refractivity (Wildman–Crippen MR) is 183 cm³/mol. The van der Waals surface area contributed by atoms with Gasteiger partial charge in [0.25, 0.3) is 23.6 Å². The molecule has 1 N–H and O–H groups in total. The second kappa shape index (κ2) is 14.9. The molecule has 0 saturated heterocycles. The number of hydrogen-bond donors (Lipinski definition) is 1. The average molecular weight is 687 g/mol. The van der Waals surface area contributed by atoms with E-state index in [-0.39, 0.29) is 47.5 Å². The third-order valence-corrected chi connectivity index (χ3v) is 9.43. The van der Waals surface area contributed by atoms with Crippen molar-refractivity contribution in [1.82, 2.24) is 5.16 Å². The number of nitrogens with zero attached hydrogens (tertiary/aromatic N) is 3. The number of carbonyl (C=O) groups excluding carboxylic acids is 4. The van der Waals surface area contributed by atoms with E-state index in [2.05, 4.69) is 37.2 Å². The smallest absolute Gasteiger partial charge is 0.265 e. The number of ether oxygens (including phenoxy) is 3. The van der Waals surface area contributed by atoms with E-state index in [9.17, 15) is 23.6 Å². The summed E-state index contributed by atoms with van der Waals surface area (Å²) in [6, 6.07) is 9.30. The molecule has 262 valence electrons. The summed E-state index contributed by atoms with van der Waals surface area (Å²) in [4.78, 5) is 52.2. The van der Waals surface area contributed by atoms with Crippen molar-refractivity contribution in [3.63, 3.8) is 0 Å². The zero-order valence-corrected chi connectivity index (χ0v) is 28.7. The van der Waals surface area contributed by atoms with E-state index in [1.54, 1.807) is 24.3 Å². The Kier molecular flexibility index (Phi) is 10.6. The van der Waals surface area contributed by atoms with Crippen LogP contribution in [0.2, 0.25) is 0 Å². The Bertz CT molecular complexity index is 1850. The molecule has 4 amide bonds. The summed E-state index contributed by atoms with van der Waals surface area (Å²) in [5.41, 5.74) is 2.06. The van der Waals surface area contributed by atoms with Gasteiger partial charge >= 0.3 is 0 Å². The molecule has 1 aromatic heterocycles. The quantitative estimate of drug-likeness (QED) is 0.214. The number of benzene rings is 2. The van der Waals surface area contributed by atoms with Gasteiger partial charge in [0, 0.05) is 28.7 Å². The summed E-state index contributed by atoms with van der Waals surface area (Å²) in [6.07, 6.45) is 9.88. The van der Waals surface area contributed by atoms with Gasteiger partial charge in [-0.25, -0.2) is 9.29 Å². The molecule has 0 saturated carbocycles. The summed E-state index contributed by atoms with van der Waals surface area (Å²) in [7, 11) is 3.01. The van der Waals surface area contributed by atoms with Crippen molar-refractivity contribution in [3.05, 3.63) is 64.6 Å². The Hall–Kier alpha value is -5.64. The predicted octanol–water partition coefficient (Wildman–Crippen LogP) is 5.95. The number of methoxy groups -OCH3 is 2. The number of rotatable bonds is 9. The fraction of sp³-hybridized carbons (Fsp3) is 0.378. The molecule has 0 radical (unpaired) electrons. The number of amides is 4. The molecule has 0 fully saturated rings. The van der Waals surface area contributed by atoms with Crippen LogP contribution in [0.5, 0.6) is 17.2 Å². The van der Waals surface area contributed by atoms with Crippen LogP contribution in [0, 0.1) is 18.2 Å². The zero-order chi connectivity index (χ0) is 36.2. The largest absolute Gasteiger partial charge is 0.496 e. The first-order chi connectivity index (χ1) is 24.0. The molecule has 3 heterocycles. The van der Waals surface area contributed by atoms with Gasteiger partial charge in [-0.3, -0.25) is 29.4 Å². The van der Waals surface area contributed by atoms with E-state index in [4.69, 9.17) is 25.2 Å². The average Bonchev–Trinajstić information content (AvgIpc) is 3.71. The number of hydrogen-bond acceptors (Lipinski definition) is 9. The molecule has 50 heavy (non-hydrogen) atoms. The fourth-order valence-electron chi connectivity index (χ4n) is 6.09. The molecule has 0 atom stereocenters. The van der Waals surface area contributed by atoms with Crippen molar-refractivity contribution in [2.75, 3.05) is 42.5 Å². The van der Waals surface area contributed by atoms with Crippen molar-refractivity contribution in [2.45, 2.75) is 64.7 Å². The van der Waals surface area contributed by atoms with Crippen LogP contribution in [-0.4, -0.2) is 56.2 Å². The molecule has 6 rings (SSSR count). The van der Waals surface area contributed by atoms with E-state index in [0.29, 0.717) is 46.9 Å². The highest BCUT2D eigenvalue weighted by Gasteiger charge is 2.42. The van der Waals surface area contributed by atoms with Gasteiger partial charge < -0.3 is 18.7 Å². The molecular weight excluding hydrogens is 647 g/mol. The van der Waals surface area contributed by atoms with Gasteiger partial charge in [-0.15, -0.1) is 6.42 Å². The molecule has 0 bridgehead atoms. The number of halogens is 1. The van der Waals surface area contributed by atoms with Crippen LogP contribution in [0.4, 0.5) is 21.6 Å². The van der Waals surface area contributed by atoms with E-state index in [0.717, 1.165) is 42.3 Å². The molecule has 12 nitrogen and oxygen atoms in total.